The zero-order valence-corrected chi connectivity index (χ0v) is 16.8. The maximum atomic E-state index is 13.4. The smallest absolute Gasteiger partial charge is 0.239 e. The van der Waals surface area contributed by atoms with E-state index in [0.29, 0.717) is 12.0 Å². The van der Waals surface area contributed by atoms with Crippen LogP contribution in [0, 0.1) is 5.92 Å². The fraction of sp³-hybridized carbons (Fsp3) is 0.320. The number of phenols is 1. The number of fused-ring (bicyclic) bond motifs is 2. The number of phenolic OH excluding ortho intramolecular Hbond substituents is 1. The second-order valence-electron chi connectivity index (χ2n) is 8.39. The van der Waals surface area contributed by atoms with E-state index < -0.39 is 6.04 Å². The van der Waals surface area contributed by atoms with Crippen molar-refractivity contribution in [2.45, 2.75) is 43.8 Å². The number of amides is 1. The molecule has 4 atom stereocenters. The summed E-state index contributed by atoms with van der Waals surface area (Å²) in [5.41, 5.74) is 8.24. The Morgan fingerprint density at radius 1 is 0.933 bits per heavy atom. The number of nitrogens with one attached hydrogen (secondary N) is 3. The van der Waals surface area contributed by atoms with Gasteiger partial charge in [-0.25, -0.2) is 5.43 Å². The summed E-state index contributed by atoms with van der Waals surface area (Å²) >= 11 is 0. The van der Waals surface area contributed by atoms with E-state index in [-0.39, 0.29) is 17.7 Å². The molecule has 0 aromatic heterocycles. The molecule has 5 heteroatoms. The summed E-state index contributed by atoms with van der Waals surface area (Å²) in [6.45, 7) is 0. The Hall–Kier alpha value is -2.89. The first-order chi connectivity index (χ1) is 14.7. The summed E-state index contributed by atoms with van der Waals surface area (Å²) in [5, 5.41) is 16.1. The van der Waals surface area contributed by atoms with Crippen LogP contribution in [-0.2, 0) is 4.79 Å². The van der Waals surface area contributed by atoms with Gasteiger partial charge in [0.1, 0.15) is 11.8 Å². The normalized spacial score (nSPS) is 24.3. The monoisotopic (exact) mass is 401 g/mol. The van der Waals surface area contributed by atoms with Crippen molar-refractivity contribution in [3.8, 4) is 5.75 Å². The van der Waals surface area contributed by atoms with Gasteiger partial charge in [0.15, 0.2) is 0 Å². The first-order valence-corrected chi connectivity index (χ1v) is 10.8. The zero-order valence-electron chi connectivity index (χ0n) is 16.8. The van der Waals surface area contributed by atoms with Crippen molar-refractivity contribution in [1.29, 1.82) is 0 Å². The highest BCUT2D eigenvalue weighted by molar-refractivity contribution is 5.90. The predicted octanol–water partition coefficient (Wildman–Crippen LogP) is 3.79. The molecular formula is C25H27N3O2. The van der Waals surface area contributed by atoms with Gasteiger partial charge >= 0.3 is 0 Å². The number of carbonyl (C=O) groups is 1. The van der Waals surface area contributed by atoms with E-state index in [1.165, 1.54) is 12.8 Å². The molecule has 3 aromatic carbocycles. The van der Waals surface area contributed by atoms with Crippen molar-refractivity contribution >= 4 is 16.7 Å². The van der Waals surface area contributed by atoms with Crippen molar-refractivity contribution in [3.63, 3.8) is 0 Å². The Kier molecular flexibility index (Phi) is 5.15. The minimum atomic E-state index is -0.436. The summed E-state index contributed by atoms with van der Waals surface area (Å²) in [4.78, 5) is 13.4. The fourth-order valence-corrected chi connectivity index (χ4v) is 5.09. The average molecular weight is 402 g/mol. The van der Waals surface area contributed by atoms with Crippen LogP contribution in [0.5, 0.6) is 5.75 Å². The van der Waals surface area contributed by atoms with E-state index in [4.69, 9.17) is 0 Å². The van der Waals surface area contributed by atoms with Crippen LogP contribution in [0.3, 0.4) is 0 Å². The lowest BCUT2D eigenvalue weighted by Gasteiger charge is -2.28. The number of hydrogen-bond acceptors (Lipinski definition) is 4. The lowest BCUT2D eigenvalue weighted by atomic mass is 9.81. The van der Waals surface area contributed by atoms with Crippen LogP contribution in [0.4, 0.5) is 0 Å². The Balaban J connectivity index is 1.53. The van der Waals surface area contributed by atoms with Crippen molar-refractivity contribution in [2.75, 3.05) is 0 Å². The highest BCUT2D eigenvalue weighted by atomic mass is 16.3. The quantitative estimate of drug-likeness (QED) is 0.537. The number of rotatable bonds is 4. The van der Waals surface area contributed by atoms with Gasteiger partial charge in [0.2, 0.25) is 5.91 Å². The molecule has 0 bridgehead atoms. The topological polar surface area (TPSA) is 73.4 Å². The number of carbonyl (C=O) groups excluding carboxylic acids is 1. The summed E-state index contributed by atoms with van der Waals surface area (Å²) in [5.74, 6) is 0.463. The number of hydrazine groups is 1. The molecule has 1 heterocycles. The minimum absolute atomic E-state index is 0.0295. The van der Waals surface area contributed by atoms with E-state index in [1.54, 1.807) is 6.07 Å². The second-order valence-corrected chi connectivity index (χ2v) is 8.39. The van der Waals surface area contributed by atoms with Crippen LogP contribution in [0.2, 0.25) is 0 Å². The van der Waals surface area contributed by atoms with Crippen LogP contribution in [0.1, 0.15) is 42.9 Å². The van der Waals surface area contributed by atoms with Crippen molar-refractivity contribution in [3.05, 3.63) is 77.9 Å². The molecule has 2 aliphatic rings. The van der Waals surface area contributed by atoms with Gasteiger partial charge in [-0.15, -0.1) is 0 Å². The first-order valence-electron chi connectivity index (χ1n) is 10.8. The van der Waals surface area contributed by atoms with Gasteiger partial charge < -0.3 is 10.4 Å². The van der Waals surface area contributed by atoms with Crippen molar-refractivity contribution in [1.82, 2.24) is 16.2 Å². The van der Waals surface area contributed by atoms with Gasteiger partial charge in [0, 0.05) is 17.5 Å². The Bertz CT molecular complexity index is 1050. The third-order valence-corrected chi connectivity index (χ3v) is 6.61. The average Bonchev–Trinajstić information content (AvgIpc) is 3.23. The first kappa shape index (κ1) is 19.1. The lowest BCUT2D eigenvalue weighted by molar-refractivity contribution is -0.124. The molecule has 1 saturated heterocycles. The maximum Gasteiger partial charge on any atom is 0.239 e. The number of hydrogen-bond donors (Lipinski definition) is 4. The SMILES string of the molecule is O=C(NC(c1ccccc1)c1c(O)ccc2ccccc12)C1NNC2CCCCC21. The fourth-order valence-electron chi connectivity index (χ4n) is 5.09. The zero-order chi connectivity index (χ0) is 20.5. The van der Waals surface area contributed by atoms with Crippen LogP contribution >= 0.6 is 0 Å². The molecular weight excluding hydrogens is 374 g/mol. The van der Waals surface area contributed by atoms with Gasteiger partial charge in [-0.2, -0.15) is 0 Å². The highest BCUT2D eigenvalue weighted by Gasteiger charge is 2.41. The Labute approximate surface area is 176 Å². The molecule has 1 amide bonds. The van der Waals surface area contributed by atoms with Crippen LogP contribution in [0.25, 0.3) is 10.8 Å². The molecule has 1 aliphatic heterocycles. The molecule has 3 aromatic rings. The standard InChI is InChI=1S/C25H27N3O2/c29-21-15-14-16-8-4-5-11-18(16)22(21)23(17-9-2-1-3-10-17)26-25(30)24-19-12-6-7-13-20(19)27-28-24/h1-5,8-11,14-15,19-20,23-24,27-29H,6-7,12-13H2,(H,26,30). The van der Waals surface area contributed by atoms with E-state index in [2.05, 4.69) is 16.2 Å². The van der Waals surface area contributed by atoms with Crippen LogP contribution in [-0.4, -0.2) is 23.1 Å². The lowest BCUT2D eigenvalue weighted by Crippen LogP contribution is -2.47. The molecule has 4 unspecified atom stereocenters. The van der Waals surface area contributed by atoms with E-state index in [9.17, 15) is 9.90 Å². The van der Waals surface area contributed by atoms with Gasteiger partial charge in [0.05, 0.1) is 6.04 Å². The molecule has 1 saturated carbocycles. The summed E-state index contributed by atoms with van der Waals surface area (Å²) < 4.78 is 0. The molecule has 5 nitrogen and oxygen atoms in total. The van der Waals surface area contributed by atoms with Crippen molar-refractivity contribution < 1.29 is 9.90 Å². The third-order valence-electron chi connectivity index (χ3n) is 6.61. The molecule has 0 spiro atoms. The van der Waals surface area contributed by atoms with Gasteiger partial charge in [-0.05, 0) is 35.2 Å². The number of aromatic hydroxyl groups is 1. The minimum Gasteiger partial charge on any atom is -0.508 e. The van der Waals surface area contributed by atoms with Gasteiger partial charge in [-0.3, -0.25) is 10.2 Å². The Morgan fingerprint density at radius 2 is 1.70 bits per heavy atom. The predicted molar refractivity (Wildman–Crippen MR) is 118 cm³/mol. The number of benzene rings is 3. The summed E-state index contributed by atoms with van der Waals surface area (Å²) in [6.07, 6.45) is 4.53. The summed E-state index contributed by atoms with van der Waals surface area (Å²) in [6, 6.07) is 21.1. The molecule has 154 valence electrons. The van der Waals surface area contributed by atoms with Crippen molar-refractivity contribution in [2.24, 2.45) is 5.92 Å². The Morgan fingerprint density at radius 3 is 2.57 bits per heavy atom. The molecule has 1 aliphatic carbocycles. The van der Waals surface area contributed by atoms with E-state index in [0.717, 1.165) is 34.7 Å². The molecule has 2 fully saturated rings. The van der Waals surface area contributed by atoms with Crippen LogP contribution in [0.15, 0.2) is 66.7 Å². The molecule has 4 N–H and O–H groups in total. The highest BCUT2D eigenvalue weighted by Crippen LogP contribution is 2.36. The van der Waals surface area contributed by atoms with Gasteiger partial charge in [-0.1, -0.05) is 73.5 Å². The van der Waals surface area contributed by atoms with Gasteiger partial charge in [0.25, 0.3) is 0 Å². The molecule has 5 rings (SSSR count). The maximum absolute atomic E-state index is 13.4. The van der Waals surface area contributed by atoms with E-state index in [1.807, 2.05) is 60.7 Å². The van der Waals surface area contributed by atoms with Crippen LogP contribution < -0.4 is 16.2 Å². The molecule has 0 radical (unpaired) electrons. The molecule has 30 heavy (non-hydrogen) atoms. The summed E-state index contributed by atoms with van der Waals surface area (Å²) in [7, 11) is 0. The second kappa shape index (κ2) is 8.09. The third kappa shape index (κ3) is 3.44. The largest absolute Gasteiger partial charge is 0.508 e. The van der Waals surface area contributed by atoms with E-state index >= 15 is 0 Å².